The van der Waals surface area contributed by atoms with Gasteiger partial charge >= 0.3 is 12.2 Å². The number of halogens is 2. The maximum Gasteiger partial charge on any atom is 0.407 e. The van der Waals surface area contributed by atoms with E-state index in [-0.39, 0.29) is 50.0 Å². The smallest absolute Gasteiger partial charge is 0.407 e. The molecule has 262 valence electrons. The number of benzene rings is 2. The van der Waals surface area contributed by atoms with Crippen molar-refractivity contribution in [2.45, 2.75) is 103 Å². The number of nitrogens with one attached hydrogen (secondary N) is 3. The van der Waals surface area contributed by atoms with Crippen molar-refractivity contribution in [3.8, 4) is 0 Å². The van der Waals surface area contributed by atoms with Gasteiger partial charge in [0.1, 0.15) is 28.9 Å². The fraction of sp³-hybridized carbons (Fsp3) is 0.545. The van der Waals surface area contributed by atoms with Crippen LogP contribution in [0, 0.1) is 11.6 Å². The Kier molecular flexibility index (Phi) is 14.7. The van der Waals surface area contributed by atoms with Gasteiger partial charge in [-0.15, -0.1) is 0 Å². The van der Waals surface area contributed by atoms with Crippen LogP contribution in [0.15, 0.2) is 48.5 Å². The highest BCUT2D eigenvalue weighted by Gasteiger charge is 2.29. The van der Waals surface area contributed by atoms with Gasteiger partial charge in [-0.2, -0.15) is 0 Å². The molecule has 3 unspecified atom stereocenters. The molecular formula is C33H47F2N3O8S. The highest BCUT2D eigenvalue weighted by atomic mass is 32.2. The van der Waals surface area contributed by atoms with Gasteiger partial charge in [-0.05, 0) is 96.6 Å². The topological polar surface area (TPSA) is 160 Å². The number of sulfonamides is 1. The van der Waals surface area contributed by atoms with Crippen molar-refractivity contribution >= 4 is 28.0 Å². The summed E-state index contributed by atoms with van der Waals surface area (Å²) in [4.78, 5) is 37.7. The van der Waals surface area contributed by atoms with Gasteiger partial charge in [0, 0.05) is 19.0 Å². The molecule has 0 aliphatic rings. The van der Waals surface area contributed by atoms with Crippen LogP contribution in [0.25, 0.3) is 0 Å². The van der Waals surface area contributed by atoms with Crippen LogP contribution in [0.5, 0.6) is 0 Å². The van der Waals surface area contributed by atoms with E-state index < -0.39 is 69.0 Å². The van der Waals surface area contributed by atoms with Gasteiger partial charge in [0.2, 0.25) is 10.0 Å². The van der Waals surface area contributed by atoms with Crippen molar-refractivity contribution in [3.05, 3.63) is 71.3 Å². The van der Waals surface area contributed by atoms with Gasteiger partial charge in [0.25, 0.3) is 0 Å². The summed E-state index contributed by atoms with van der Waals surface area (Å²) < 4.78 is 66.5. The molecule has 0 saturated heterocycles. The van der Waals surface area contributed by atoms with Gasteiger partial charge in [0.15, 0.2) is 5.78 Å². The van der Waals surface area contributed by atoms with Crippen molar-refractivity contribution in [1.29, 1.82) is 0 Å². The Hall–Kier alpha value is -3.62. The van der Waals surface area contributed by atoms with Crippen LogP contribution in [0.1, 0.15) is 71.9 Å². The Labute approximate surface area is 275 Å². The highest BCUT2D eigenvalue weighted by molar-refractivity contribution is 7.89. The van der Waals surface area contributed by atoms with Crippen LogP contribution in [0.3, 0.4) is 0 Å². The molecule has 11 nitrogen and oxygen atoms in total. The first kappa shape index (κ1) is 39.6. The van der Waals surface area contributed by atoms with E-state index in [4.69, 9.17) is 9.47 Å². The molecule has 0 radical (unpaired) electrons. The van der Waals surface area contributed by atoms with E-state index in [1.807, 2.05) is 6.07 Å². The average Bonchev–Trinajstić information content (AvgIpc) is 2.93. The van der Waals surface area contributed by atoms with E-state index in [0.717, 1.165) is 23.8 Å². The van der Waals surface area contributed by atoms with Crippen molar-refractivity contribution in [2.75, 3.05) is 12.3 Å². The normalized spacial score (nSPS) is 14.1. The SMILES string of the molecule is CC(C)(C)OC(=O)NC(CNS(=O)(=O)CCCCC(=O)C(O)C(Cc1ccccc1)NC(=O)OC(C)(C)C)Cc1cc(F)ccc1F. The van der Waals surface area contributed by atoms with E-state index in [9.17, 15) is 36.7 Å². The molecule has 14 heteroatoms. The zero-order valence-corrected chi connectivity index (χ0v) is 28.6. The summed E-state index contributed by atoms with van der Waals surface area (Å²) in [7, 11) is -3.92. The fourth-order valence-corrected chi connectivity index (χ4v) is 5.63. The summed E-state index contributed by atoms with van der Waals surface area (Å²) >= 11 is 0. The maximum atomic E-state index is 14.3. The molecule has 0 aliphatic carbocycles. The third-order valence-electron chi connectivity index (χ3n) is 6.54. The third kappa shape index (κ3) is 16.2. The molecule has 0 aromatic heterocycles. The van der Waals surface area contributed by atoms with E-state index >= 15 is 0 Å². The number of hydrogen-bond acceptors (Lipinski definition) is 8. The van der Waals surface area contributed by atoms with E-state index in [1.54, 1.807) is 65.8 Å². The predicted octanol–water partition coefficient (Wildman–Crippen LogP) is 4.56. The number of carbonyl (C=O) groups excluding carboxylic acids is 3. The lowest BCUT2D eigenvalue weighted by Crippen LogP contribution is -2.49. The molecule has 0 spiro atoms. The molecule has 0 saturated carbocycles. The first-order valence-corrected chi connectivity index (χ1v) is 17.0. The minimum absolute atomic E-state index is 0.0549. The van der Waals surface area contributed by atoms with Crippen LogP contribution >= 0.6 is 0 Å². The Morgan fingerprint density at radius 3 is 2.04 bits per heavy atom. The highest BCUT2D eigenvalue weighted by Crippen LogP contribution is 2.15. The van der Waals surface area contributed by atoms with Crippen LogP contribution in [-0.4, -0.2) is 73.2 Å². The second kappa shape index (κ2) is 17.5. The summed E-state index contributed by atoms with van der Waals surface area (Å²) in [6, 6.07) is 9.86. The fourth-order valence-electron chi connectivity index (χ4n) is 4.45. The Balaban J connectivity index is 1.97. The minimum atomic E-state index is -3.92. The van der Waals surface area contributed by atoms with E-state index in [1.165, 1.54) is 0 Å². The number of Topliss-reactive ketones (excluding diaryl/α,β-unsaturated/α-hetero) is 1. The molecule has 0 aliphatic heterocycles. The lowest BCUT2D eigenvalue weighted by atomic mass is 9.96. The minimum Gasteiger partial charge on any atom is -0.444 e. The van der Waals surface area contributed by atoms with Gasteiger partial charge in [-0.25, -0.2) is 31.5 Å². The Morgan fingerprint density at radius 1 is 0.851 bits per heavy atom. The summed E-state index contributed by atoms with van der Waals surface area (Å²) in [6.45, 7) is 9.64. The summed E-state index contributed by atoms with van der Waals surface area (Å²) in [5.41, 5.74) is -0.931. The molecule has 0 bridgehead atoms. The first-order valence-electron chi connectivity index (χ1n) is 15.4. The zero-order chi connectivity index (χ0) is 35.4. The number of ether oxygens (including phenoxy) is 2. The predicted molar refractivity (Wildman–Crippen MR) is 173 cm³/mol. The first-order chi connectivity index (χ1) is 21.7. The summed E-state index contributed by atoms with van der Waals surface area (Å²) in [5, 5.41) is 15.9. The quantitative estimate of drug-likeness (QED) is 0.188. The third-order valence-corrected chi connectivity index (χ3v) is 7.98. The lowest BCUT2D eigenvalue weighted by Gasteiger charge is -2.26. The number of amides is 2. The van der Waals surface area contributed by atoms with Gasteiger partial charge in [-0.3, -0.25) is 4.79 Å². The van der Waals surface area contributed by atoms with Gasteiger partial charge in [-0.1, -0.05) is 30.3 Å². The zero-order valence-electron chi connectivity index (χ0n) is 27.8. The standard InChI is InChI=1S/C33H47F2N3O8S/c1-32(2,3)45-30(41)37-25(20-23-19-24(34)15-16-26(23)35)21-36-47(43,44)17-11-10-14-28(39)29(40)27(18-22-12-8-7-9-13-22)38-31(42)46-33(4,5)6/h7-9,12-13,15-16,19,25,27,29,36,40H,10-11,14,17-18,20-21H2,1-6H3,(H,37,41)(H,38,42). The Bertz CT molecular complexity index is 1440. The van der Waals surface area contributed by atoms with Crippen molar-refractivity contribution in [3.63, 3.8) is 0 Å². The molecule has 3 atom stereocenters. The van der Waals surface area contributed by atoms with Crippen LogP contribution in [-0.2, 0) is 37.1 Å². The molecule has 0 fully saturated rings. The second-order valence-corrected chi connectivity index (χ2v) is 15.2. The number of unbranched alkanes of at least 4 members (excludes halogenated alkanes) is 1. The second-order valence-electron chi connectivity index (χ2n) is 13.3. The van der Waals surface area contributed by atoms with Crippen molar-refractivity contribution in [1.82, 2.24) is 15.4 Å². The number of ketones is 1. The van der Waals surface area contributed by atoms with Crippen LogP contribution in [0.4, 0.5) is 18.4 Å². The monoisotopic (exact) mass is 683 g/mol. The molecule has 2 aromatic carbocycles. The van der Waals surface area contributed by atoms with Gasteiger partial charge < -0.3 is 25.2 Å². The molecular weight excluding hydrogens is 636 g/mol. The molecule has 47 heavy (non-hydrogen) atoms. The number of alkyl carbamates (subject to hydrolysis) is 2. The number of carbonyl (C=O) groups is 3. The lowest BCUT2D eigenvalue weighted by molar-refractivity contribution is -0.128. The number of hydrogen-bond donors (Lipinski definition) is 4. The number of rotatable bonds is 16. The largest absolute Gasteiger partial charge is 0.444 e. The van der Waals surface area contributed by atoms with E-state index in [0.29, 0.717) is 0 Å². The van der Waals surface area contributed by atoms with Crippen LogP contribution in [0.2, 0.25) is 0 Å². The molecule has 0 heterocycles. The molecule has 2 aromatic rings. The van der Waals surface area contributed by atoms with Crippen molar-refractivity contribution in [2.24, 2.45) is 0 Å². The molecule has 2 amide bonds. The molecule has 2 rings (SSSR count). The number of aliphatic hydroxyl groups excluding tert-OH is 1. The average molecular weight is 684 g/mol. The van der Waals surface area contributed by atoms with E-state index in [2.05, 4.69) is 15.4 Å². The van der Waals surface area contributed by atoms with Gasteiger partial charge in [0.05, 0.1) is 11.8 Å². The summed E-state index contributed by atoms with van der Waals surface area (Å²) in [6.07, 6.45) is -3.26. The Morgan fingerprint density at radius 2 is 1.45 bits per heavy atom. The van der Waals surface area contributed by atoms with Crippen molar-refractivity contribution < 1.29 is 46.2 Å². The maximum absolute atomic E-state index is 14.3. The summed E-state index contributed by atoms with van der Waals surface area (Å²) in [5.74, 6) is -2.37. The molecule has 4 N–H and O–H groups in total. The van der Waals surface area contributed by atoms with Crippen LogP contribution < -0.4 is 15.4 Å². The number of aliphatic hydroxyl groups is 1.